The molecular weight excluding hydrogens is 587 g/mol. The van der Waals surface area contributed by atoms with Gasteiger partial charge in [0.25, 0.3) is 5.91 Å². The number of carbonyl (C=O) groups is 1. The number of nitrogens with zero attached hydrogens (tertiary/aromatic N) is 3. The molecule has 0 bridgehead atoms. The molecule has 1 atom stereocenters. The molecule has 5 rings (SSSR count). The van der Waals surface area contributed by atoms with Crippen LogP contribution in [0.3, 0.4) is 0 Å². The second-order valence-electron chi connectivity index (χ2n) is 9.27. The maximum atomic E-state index is 13.6. The lowest BCUT2D eigenvalue weighted by Crippen LogP contribution is -2.54. The van der Waals surface area contributed by atoms with Crippen molar-refractivity contribution in [3.63, 3.8) is 0 Å². The monoisotopic (exact) mass is 613 g/mol. The molecule has 2 heterocycles. The van der Waals surface area contributed by atoms with Crippen LogP contribution in [-0.4, -0.2) is 30.4 Å². The Balaban J connectivity index is 1.43. The Labute approximate surface area is 227 Å². The fraction of sp³-hybridized carbons (Fsp3) is 0.214. The molecule has 1 aliphatic rings. The van der Waals surface area contributed by atoms with Crippen molar-refractivity contribution in [3.05, 3.63) is 101 Å². The number of imidazole rings is 1. The van der Waals surface area contributed by atoms with Crippen LogP contribution in [0.4, 0.5) is 20.3 Å². The van der Waals surface area contributed by atoms with Crippen LogP contribution in [0.5, 0.6) is 0 Å². The third-order valence-electron chi connectivity index (χ3n) is 6.42. The van der Waals surface area contributed by atoms with Crippen molar-refractivity contribution >= 4 is 40.0 Å². The number of alkyl halides is 1. The van der Waals surface area contributed by atoms with Crippen LogP contribution >= 0.6 is 22.6 Å². The van der Waals surface area contributed by atoms with E-state index >= 15 is 0 Å². The van der Waals surface area contributed by atoms with E-state index in [9.17, 15) is 13.6 Å². The van der Waals surface area contributed by atoms with Crippen LogP contribution in [0.1, 0.15) is 17.0 Å². The summed E-state index contributed by atoms with van der Waals surface area (Å²) in [6, 6.07) is 20.3. The first kappa shape index (κ1) is 25.3. The Kier molecular flexibility index (Phi) is 7.00. The number of benzene rings is 3. The van der Waals surface area contributed by atoms with Gasteiger partial charge in [0.15, 0.2) is 3.55 Å². The van der Waals surface area contributed by atoms with Crippen LogP contribution in [0.25, 0.3) is 11.3 Å². The molecule has 190 valence electrons. The van der Waals surface area contributed by atoms with Crippen molar-refractivity contribution in [2.75, 3.05) is 11.9 Å². The number of hydrogen-bond acceptors (Lipinski definition) is 4. The fourth-order valence-corrected chi connectivity index (χ4v) is 5.23. The molecule has 0 saturated heterocycles. The van der Waals surface area contributed by atoms with Crippen LogP contribution in [0, 0.1) is 18.6 Å². The van der Waals surface area contributed by atoms with Gasteiger partial charge >= 0.3 is 0 Å². The number of carbonyl (C=O) groups excluding carboxylic acids is 1. The third-order valence-corrected chi connectivity index (χ3v) is 7.26. The number of nitrogens with two attached hydrogens (primary N) is 1. The highest BCUT2D eigenvalue weighted by Crippen LogP contribution is 2.34. The van der Waals surface area contributed by atoms with E-state index in [0.29, 0.717) is 24.6 Å². The van der Waals surface area contributed by atoms with Crippen molar-refractivity contribution in [1.29, 1.82) is 0 Å². The Morgan fingerprint density at radius 3 is 2.27 bits per heavy atom. The minimum absolute atomic E-state index is 0.206. The van der Waals surface area contributed by atoms with Gasteiger partial charge in [0.05, 0.1) is 6.54 Å². The first-order chi connectivity index (χ1) is 17.7. The van der Waals surface area contributed by atoms with E-state index in [-0.39, 0.29) is 30.5 Å². The summed E-state index contributed by atoms with van der Waals surface area (Å²) >= 11 is 1.98. The minimum atomic E-state index is -1.19. The number of aromatic nitrogens is 2. The molecule has 1 aromatic heterocycles. The highest BCUT2D eigenvalue weighted by Gasteiger charge is 2.37. The van der Waals surface area contributed by atoms with E-state index in [2.05, 4.69) is 9.88 Å². The molecule has 1 aliphatic heterocycles. The number of halogens is 3. The zero-order valence-electron chi connectivity index (χ0n) is 20.2. The van der Waals surface area contributed by atoms with Gasteiger partial charge in [-0.15, -0.1) is 0 Å². The molecule has 3 aromatic carbocycles. The fourth-order valence-electron chi connectivity index (χ4n) is 4.45. The molecule has 1 amide bonds. The van der Waals surface area contributed by atoms with Crippen LogP contribution in [-0.2, 0) is 24.3 Å². The average molecular weight is 613 g/mol. The molecule has 3 N–H and O–H groups in total. The van der Waals surface area contributed by atoms with Crippen molar-refractivity contribution < 1.29 is 13.6 Å². The van der Waals surface area contributed by atoms with Crippen LogP contribution < -0.4 is 11.1 Å². The number of amides is 1. The molecule has 0 spiro atoms. The first-order valence-corrected chi connectivity index (χ1v) is 13.0. The van der Waals surface area contributed by atoms with Gasteiger partial charge in [0.1, 0.15) is 29.0 Å². The molecule has 0 saturated carbocycles. The van der Waals surface area contributed by atoms with Gasteiger partial charge in [-0.1, -0.05) is 52.4 Å². The Morgan fingerprint density at radius 2 is 1.62 bits per heavy atom. The normalized spacial score (nSPS) is 14.7. The summed E-state index contributed by atoms with van der Waals surface area (Å²) in [4.78, 5) is 20.0. The molecule has 0 unspecified atom stereocenters. The smallest absolute Gasteiger partial charge is 0.253 e. The number of hydrogen-bond donors (Lipinski definition) is 2. The van der Waals surface area contributed by atoms with E-state index < -0.39 is 3.55 Å². The average Bonchev–Trinajstić information content (AvgIpc) is 3.24. The van der Waals surface area contributed by atoms with Gasteiger partial charge in [-0.25, -0.2) is 13.8 Å². The zero-order valence-corrected chi connectivity index (χ0v) is 22.4. The molecule has 37 heavy (non-hydrogen) atoms. The lowest BCUT2D eigenvalue weighted by Gasteiger charge is -2.34. The van der Waals surface area contributed by atoms with E-state index in [0.717, 1.165) is 28.2 Å². The summed E-state index contributed by atoms with van der Waals surface area (Å²) < 4.78 is 27.8. The Morgan fingerprint density at radius 1 is 1.00 bits per heavy atom. The maximum Gasteiger partial charge on any atom is 0.253 e. The van der Waals surface area contributed by atoms with Crippen LogP contribution in [0.15, 0.2) is 72.8 Å². The van der Waals surface area contributed by atoms with E-state index in [1.54, 1.807) is 29.2 Å². The highest BCUT2D eigenvalue weighted by atomic mass is 127. The molecule has 0 aliphatic carbocycles. The number of anilines is 2. The van der Waals surface area contributed by atoms with Gasteiger partial charge in [0, 0.05) is 30.8 Å². The van der Waals surface area contributed by atoms with Crippen molar-refractivity contribution in [3.8, 4) is 11.3 Å². The number of rotatable bonds is 6. The molecule has 0 radical (unpaired) electrons. The van der Waals surface area contributed by atoms with Crippen LogP contribution in [0.2, 0.25) is 0 Å². The third kappa shape index (κ3) is 5.52. The van der Waals surface area contributed by atoms with Gasteiger partial charge in [-0.05, 0) is 61.0 Å². The summed E-state index contributed by atoms with van der Waals surface area (Å²) in [7, 11) is 0. The molecule has 6 nitrogen and oxygen atoms in total. The maximum absolute atomic E-state index is 13.6. The van der Waals surface area contributed by atoms with Crippen molar-refractivity contribution in [2.45, 2.75) is 30.0 Å². The Bertz CT molecular complexity index is 1420. The molecular formula is C28H26F2IN5O. The summed E-state index contributed by atoms with van der Waals surface area (Å²) in [5.74, 6) is 0.643. The molecule has 0 fully saturated rings. The summed E-state index contributed by atoms with van der Waals surface area (Å²) in [6.07, 6.45) is 0.276. The largest absolute Gasteiger partial charge is 0.340 e. The summed E-state index contributed by atoms with van der Waals surface area (Å²) in [5.41, 5.74) is 10.8. The van der Waals surface area contributed by atoms with Gasteiger partial charge in [-0.3, -0.25) is 4.79 Å². The van der Waals surface area contributed by atoms with Gasteiger partial charge in [-0.2, -0.15) is 0 Å². The van der Waals surface area contributed by atoms with Gasteiger partial charge < -0.3 is 20.5 Å². The molecule has 4 aromatic rings. The Hall–Kier alpha value is -3.31. The molecule has 9 heteroatoms. The van der Waals surface area contributed by atoms with Gasteiger partial charge in [0.2, 0.25) is 0 Å². The standard InChI is InChI=1S/C28H26F2IN5O/c1-18-2-12-23(13-3-18)33-26-25(20-6-10-22(30)11-7-20)34-24-17-35(14-15-36(24)26)27(37)28(31,32)16-19-4-8-21(29)9-5-19/h2-13,33H,14-17,32H2,1H3/t28-/m1/s1. The second-order valence-corrected chi connectivity index (χ2v) is 11.2. The van der Waals surface area contributed by atoms with E-state index in [1.165, 1.54) is 24.3 Å². The zero-order chi connectivity index (χ0) is 26.2. The highest BCUT2D eigenvalue weighted by molar-refractivity contribution is 14.1. The predicted molar refractivity (Wildman–Crippen MR) is 149 cm³/mol. The summed E-state index contributed by atoms with van der Waals surface area (Å²) in [5, 5.41) is 3.48. The van der Waals surface area contributed by atoms with Crippen molar-refractivity contribution in [1.82, 2.24) is 14.5 Å². The van der Waals surface area contributed by atoms with E-state index in [4.69, 9.17) is 10.7 Å². The van der Waals surface area contributed by atoms with E-state index in [1.807, 2.05) is 53.8 Å². The number of aryl methyl sites for hydroxylation is 1. The quantitative estimate of drug-likeness (QED) is 0.170. The number of fused-ring (bicyclic) bond motifs is 1. The predicted octanol–water partition coefficient (Wildman–Crippen LogP) is 5.56. The first-order valence-electron chi connectivity index (χ1n) is 11.9. The minimum Gasteiger partial charge on any atom is -0.340 e. The SMILES string of the molecule is Cc1ccc(Nc2c(-c3ccc(F)cc3)nc3n2CCN(C(=O)[C@@](N)(I)Cc2ccc(F)cc2)C3)cc1. The lowest BCUT2D eigenvalue weighted by atomic mass is 10.1. The summed E-state index contributed by atoms with van der Waals surface area (Å²) in [6.45, 7) is 3.29. The topological polar surface area (TPSA) is 76.2 Å². The second kappa shape index (κ2) is 10.2. The number of nitrogens with one attached hydrogen (secondary N) is 1. The van der Waals surface area contributed by atoms with Crippen molar-refractivity contribution in [2.24, 2.45) is 5.73 Å². The lowest BCUT2D eigenvalue weighted by molar-refractivity contribution is -0.134.